The second-order valence-electron chi connectivity index (χ2n) is 0. The van der Waals surface area contributed by atoms with Crippen LogP contribution in [-0.4, -0.2) is 0 Å². The zero-order chi connectivity index (χ0) is 0. The zero-order valence-corrected chi connectivity index (χ0v) is 7.86. The maximum atomic E-state index is 0. The van der Waals surface area contributed by atoms with Crippen LogP contribution >= 0.6 is 0 Å². The first-order valence-corrected chi connectivity index (χ1v) is 0. The third-order valence-electron chi connectivity index (χ3n) is 0. The molecule has 24 valence electrons. The fourth-order valence-electron chi connectivity index (χ4n) is 0. The molecule has 0 bridgehead atoms. The number of hydrogen-bond acceptors (Lipinski definition) is 0. The third kappa shape index (κ3) is 8.83. The Labute approximate surface area is 85.5 Å². The van der Waals surface area contributed by atoms with Crippen LogP contribution in [0, 0.1) is 0 Å². The minimum atomic E-state index is 0. The third-order valence-corrected chi connectivity index (χ3v) is 0. The fourth-order valence-corrected chi connectivity index (χ4v) is 0. The van der Waals surface area contributed by atoms with Crippen LogP contribution < -0.4 is 29.6 Å². The van der Waals surface area contributed by atoms with Crippen LogP contribution in [0.5, 0.6) is 0 Å². The van der Waals surface area contributed by atoms with Gasteiger partial charge < -0.3 is 1.43 Å². The summed E-state index contributed by atoms with van der Waals surface area (Å²) in [6.07, 6.45) is 0. The molecule has 2 radical (unpaired) electrons. The molecule has 0 heterocycles. The quantitative estimate of drug-likeness (QED) is 0.360. The van der Waals surface area contributed by atoms with Gasteiger partial charge in [-0.1, -0.05) is 0 Å². The minimum Gasteiger partial charge on any atom is -1.00 e. The predicted molar refractivity (Wildman–Crippen MR) is 1.11 cm³/mol. The van der Waals surface area contributed by atoms with Gasteiger partial charge in [0.2, 0.25) is 0 Å². The van der Waals surface area contributed by atoms with Crippen molar-refractivity contribution in [2.24, 2.45) is 0 Å². The van der Waals surface area contributed by atoms with Crippen molar-refractivity contribution in [3.05, 3.63) is 0 Å². The van der Waals surface area contributed by atoms with Crippen molar-refractivity contribution in [3.63, 3.8) is 0 Å². The zero-order valence-electron chi connectivity index (χ0n) is 3.18. The number of rotatable bonds is 0. The van der Waals surface area contributed by atoms with E-state index in [1.54, 1.807) is 0 Å². The molecule has 0 aliphatic rings. The Morgan fingerprint density at radius 1 is 1.25 bits per heavy atom. The van der Waals surface area contributed by atoms with Crippen LogP contribution in [0.15, 0.2) is 0 Å². The Hall–Kier alpha value is 2.75. The molecule has 0 aliphatic heterocycles. The summed E-state index contributed by atoms with van der Waals surface area (Å²) >= 11 is 0. The largest absolute Gasteiger partial charge is 1.00 e. The van der Waals surface area contributed by atoms with Crippen molar-refractivity contribution in [2.75, 3.05) is 0 Å². The van der Waals surface area contributed by atoms with Crippen LogP contribution in [-0.2, 0) is 55.9 Å². The summed E-state index contributed by atoms with van der Waals surface area (Å²) in [6, 6.07) is 0. The van der Waals surface area contributed by atoms with Crippen molar-refractivity contribution in [3.8, 4) is 0 Å². The Morgan fingerprint density at radius 3 is 1.25 bits per heavy atom. The molecule has 0 saturated heterocycles. The normalized spacial score (nSPS) is 0. The molecule has 4 heteroatoms. The van der Waals surface area contributed by atoms with Crippen LogP contribution in [0.2, 0.25) is 0 Å². The fraction of sp³-hybridized carbons (Fsp3) is 0. The van der Waals surface area contributed by atoms with E-state index in [1.807, 2.05) is 0 Å². The van der Waals surface area contributed by atoms with Crippen molar-refractivity contribution in [1.29, 1.82) is 0 Å². The standard InChI is InChI=1S/Cu.Mn.Na.Ti.H/q;;+1;;-1. The van der Waals surface area contributed by atoms with E-state index in [0.29, 0.717) is 0 Å². The molecule has 0 saturated carbocycles. The van der Waals surface area contributed by atoms with Crippen LogP contribution in [0.1, 0.15) is 1.43 Å². The van der Waals surface area contributed by atoms with E-state index in [1.165, 1.54) is 0 Å². The van der Waals surface area contributed by atoms with E-state index in [4.69, 9.17) is 0 Å². The van der Waals surface area contributed by atoms with Crippen LogP contribution in [0.4, 0.5) is 0 Å². The van der Waals surface area contributed by atoms with Crippen LogP contribution in [0.3, 0.4) is 0 Å². The van der Waals surface area contributed by atoms with Gasteiger partial charge in [0.15, 0.2) is 0 Å². The monoisotopic (exact) mass is 190 g/mol. The summed E-state index contributed by atoms with van der Waals surface area (Å²) in [5.74, 6) is 0. The molecule has 0 atom stereocenters. The first-order chi connectivity index (χ1) is 0. The molecule has 0 spiro atoms. The molecule has 0 unspecified atom stereocenters. The summed E-state index contributed by atoms with van der Waals surface area (Å²) in [5.41, 5.74) is 0. The molecular weight excluding hydrogens is 189 g/mol. The van der Waals surface area contributed by atoms with Crippen molar-refractivity contribution in [2.45, 2.75) is 0 Å². The van der Waals surface area contributed by atoms with Crippen LogP contribution in [0.25, 0.3) is 0 Å². The SMILES string of the molecule is [Cu].[H-].[Mn].[Na+].[Ti]. The second-order valence-corrected chi connectivity index (χ2v) is 0. The first kappa shape index (κ1) is 29.5. The van der Waals surface area contributed by atoms with Gasteiger partial charge in [-0.25, -0.2) is 0 Å². The van der Waals surface area contributed by atoms with E-state index in [9.17, 15) is 0 Å². The van der Waals surface area contributed by atoms with Crippen molar-refractivity contribution >= 4 is 0 Å². The summed E-state index contributed by atoms with van der Waals surface area (Å²) < 4.78 is 0. The maximum Gasteiger partial charge on any atom is 1.00 e. The molecule has 0 aromatic rings. The van der Waals surface area contributed by atoms with Crippen molar-refractivity contribution in [1.82, 2.24) is 0 Å². The van der Waals surface area contributed by atoms with Gasteiger partial charge >= 0.3 is 29.6 Å². The van der Waals surface area contributed by atoms with E-state index < -0.39 is 0 Å². The van der Waals surface area contributed by atoms with E-state index >= 15 is 0 Å². The topological polar surface area (TPSA) is 0 Å². The molecule has 0 nitrogen and oxygen atoms in total. The van der Waals surface area contributed by atoms with Gasteiger partial charge in [-0.2, -0.15) is 0 Å². The maximum absolute atomic E-state index is 0. The van der Waals surface area contributed by atoms with Gasteiger partial charge in [-0.05, 0) is 0 Å². The minimum absolute atomic E-state index is 0. The average molecular weight is 190 g/mol. The molecule has 0 aromatic heterocycles. The smallest absolute Gasteiger partial charge is 1.00 e. The molecule has 4 heavy (non-hydrogen) atoms. The summed E-state index contributed by atoms with van der Waals surface area (Å²) in [6.45, 7) is 0. The van der Waals surface area contributed by atoms with Crippen molar-refractivity contribution < 1.29 is 86.8 Å². The summed E-state index contributed by atoms with van der Waals surface area (Å²) in [4.78, 5) is 0. The molecule has 0 rings (SSSR count). The van der Waals surface area contributed by atoms with Gasteiger partial charge in [0.05, 0.1) is 0 Å². The van der Waals surface area contributed by atoms with Gasteiger partial charge in [-0.3, -0.25) is 0 Å². The summed E-state index contributed by atoms with van der Waals surface area (Å²) in [7, 11) is 0. The first-order valence-electron chi connectivity index (χ1n) is 0. The second kappa shape index (κ2) is 17.1. The van der Waals surface area contributed by atoms with Gasteiger partial charge in [-0.15, -0.1) is 0 Å². The Morgan fingerprint density at radius 2 is 1.25 bits per heavy atom. The van der Waals surface area contributed by atoms with E-state index in [0.717, 1.165) is 0 Å². The Balaban J connectivity index is 0. The Kier molecular flexibility index (Phi) is 126. The molecule has 0 fully saturated rings. The van der Waals surface area contributed by atoms with Gasteiger partial charge in [0, 0.05) is 55.9 Å². The van der Waals surface area contributed by atoms with Gasteiger partial charge in [0.1, 0.15) is 0 Å². The molecule has 0 aromatic carbocycles. The molecule has 0 aliphatic carbocycles. The summed E-state index contributed by atoms with van der Waals surface area (Å²) in [5, 5.41) is 0. The van der Waals surface area contributed by atoms with E-state index in [2.05, 4.69) is 0 Å². The molecular formula is HCuMnNaTi. The predicted octanol–water partition coefficient (Wildman–Crippen LogP) is -2.89. The van der Waals surface area contributed by atoms with E-state index in [-0.39, 0.29) is 86.8 Å². The molecule has 0 amide bonds. The number of hydrogen-bond donors (Lipinski definition) is 0. The average Bonchev–Trinajstić information content (AvgIpc) is 0. The Bertz CT molecular complexity index is 11.6. The van der Waals surface area contributed by atoms with Gasteiger partial charge in [0.25, 0.3) is 0 Å². The molecule has 0 N–H and O–H groups in total.